The average Bonchev–Trinajstić information content (AvgIpc) is 2.59. The van der Waals surface area contributed by atoms with Crippen molar-refractivity contribution >= 4 is 29.3 Å². The molecule has 1 atom stereocenters. The lowest BCUT2D eigenvalue weighted by Gasteiger charge is -2.30. The number of amides is 2. The van der Waals surface area contributed by atoms with Gasteiger partial charge in [0, 0.05) is 18.8 Å². The van der Waals surface area contributed by atoms with Crippen molar-refractivity contribution in [2.45, 2.75) is 13.0 Å². The number of carbonyl (C=O) groups excluding carboxylic acids is 2. The molecule has 0 aliphatic carbocycles. The fraction of sp³-hybridized carbons (Fsp3) is 0.158. The zero-order valence-electron chi connectivity index (χ0n) is 13.5. The predicted octanol–water partition coefficient (Wildman–Crippen LogP) is 3.08. The summed E-state index contributed by atoms with van der Waals surface area (Å²) in [5.74, 6) is 0.273. The fourth-order valence-electron chi connectivity index (χ4n) is 2.51. The number of benzene rings is 2. The van der Waals surface area contributed by atoms with Crippen molar-refractivity contribution in [3.63, 3.8) is 0 Å². The number of hydrogen-bond acceptors (Lipinski definition) is 3. The molecule has 122 valence electrons. The number of nitrogens with zero attached hydrogens (tertiary/aromatic N) is 1. The van der Waals surface area contributed by atoms with Gasteiger partial charge in [-0.25, -0.2) is 0 Å². The lowest BCUT2D eigenvalue weighted by Crippen LogP contribution is -2.41. The Balaban J connectivity index is 1.73. The van der Waals surface area contributed by atoms with E-state index in [1.807, 2.05) is 30.3 Å². The summed E-state index contributed by atoms with van der Waals surface area (Å²) in [6.45, 7) is 1.71. The third-order valence-electron chi connectivity index (χ3n) is 3.80. The minimum Gasteiger partial charge on any atom is -0.479 e. The third kappa shape index (κ3) is 3.30. The van der Waals surface area contributed by atoms with E-state index < -0.39 is 6.10 Å². The largest absolute Gasteiger partial charge is 0.479 e. The highest BCUT2D eigenvalue weighted by Gasteiger charge is 2.28. The van der Waals surface area contributed by atoms with Crippen LogP contribution in [0.5, 0.6) is 5.75 Å². The summed E-state index contributed by atoms with van der Waals surface area (Å²) in [5, 5.41) is 2.79. The van der Waals surface area contributed by atoms with Gasteiger partial charge in [0.2, 0.25) is 5.91 Å². The molecule has 0 bridgehead atoms. The molecule has 2 aromatic carbocycles. The molecule has 3 rings (SSSR count). The molecule has 1 aliphatic heterocycles. The number of fused-ring (bicyclic) bond motifs is 1. The third-order valence-corrected chi connectivity index (χ3v) is 3.80. The standard InChI is InChI=1S/C19H18N2O3/c1-13-19(23)21(2)16-12-15(9-10-17(16)24-13)20-18(22)11-8-14-6-4-3-5-7-14/h3-13H,1-2H3,(H,20,22)/b11-8+/t13-/m0/s1. The number of hydrogen-bond donors (Lipinski definition) is 1. The number of likely N-dealkylation sites (N-methyl/N-ethyl adjacent to an activating group) is 1. The van der Waals surface area contributed by atoms with Gasteiger partial charge in [0.15, 0.2) is 6.10 Å². The van der Waals surface area contributed by atoms with Crippen LogP contribution < -0.4 is 15.0 Å². The van der Waals surface area contributed by atoms with E-state index in [2.05, 4.69) is 5.32 Å². The van der Waals surface area contributed by atoms with Gasteiger partial charge in [-0.3, -0.25) is 9.59 Å². The summed E-state index contributed by atoms with van der Waals surface area (Å²) in [7, 11) is 1.70. The van der Waals surface area contributed by atoms with E-state index in [1.165, 1.54) is 6.08 Å². The van der Waals surface area contributed by atoms with Crippen molar-refractivity contribution < 1.29 is 14.3 Å². The van der Waals surface area contributed by atoms with Crippen molar-refractivity contribution in [1.82, 2.24) is 0 Å². The second-order valence-corrected chi connectivity index (χ2v) is 5.57. The Morgan fingerprint density at radius 3 is 2.71 bits per heavy atom. The van der Waals surface area contributed by atoms with Crippen molar-refractivity contribution in [2.24, 2.45) is 0 Å². The molecular weight excluding hydrogens is 304 g/mol. The van der Waals surface area contributed by atoms with Crippen molar-refractivity contribution in [3.8, 4) is 5.75 Å². The average molecular weight is 322 g/mol. The zero-order valence-corrected chi connectivity index (χ0v) is 13.5. The first-order chi connectivity index (χ1) is 11.5. The number of ether oxygens (including phenoxy) is 1. The van der Waals surface area contributed by atoms with Gasteiger partial charge in [-0.1, -0.05) is 30.3 Å². The van der Waals surface area contributed by atoms with Gasteiger partial charge in [0.1, 0.15) is 5.75 Å². The maximum Gasteiger partial charge on any atom is 0.267 e. The van der Waals surface area contributed by atoms with E-state index in [9.17, 15) is 9.59 Å². The molecule has 2 amide bonds. The van der Waals surface area contributed by atoms with Crippen LogP contribution >= 0.6 is 0 Å². The van der Waals surface area contributed by atoms with Crippen LogP contribution in [0.3, 0.4) is 0 Å². The Hall–Kier alpha value is -3.08. The van der Waals surface area contributed by atoms with E-state index in [4.69, 9.17) is 4.74 Å². The van der Waals surface area contributed by atoms with Crippen LogP contribution in [0.1, 0.15) is 12.5 Å². The first-order valence-corrected chi connectivity index (χ1v) is 7.67. The molecule has 1 heterocycles. The number of rotatable bonds is 3. The second kappa shape index (κ2) is 6.58. The van der Waals surface area contributed by atoms with Crippen LogP contribution in [0.2, 0.25) is 0 Å². The molecule has 0 aromatic heterocycles. The van der Waals surface area contributed by atoms with E-state index in [1.54, 1.807) is 43.1 Å². The van der Waals surface area contributed by atoms with Crippen LogP contribution in [0.25, 0.3) is 6.08 Å². The lowest BCUT2D eigenvalue weighted by molar-refractivity contribution is -0.125. The molecule has 0 saturated heterocycles. The summed E-state index contributed by atoms with van der Waals surface area (Å²) in [4.78, 5) is 25.6. The zero-order chi connectivity index (χ0) is 17.1. The molecule has 5 heteroatoms. The van der Waals surface area contributed by atoms with Gasteiger partial charge in [-0.15, -0.1) is 0 Å². The molecule has 1 aliphatic rings. The van der Waals surface area contributed by atoms with E-state index in [0.29, 0.717) is 17.1 Å². The Labute approximate surface area is 140 Å². The fourth-order valence-corrected chi connectivity index (χ4v) is 2.51. The summed E-state index contributed by atoms with van der Waals surface area (Å²) in [6, 6.07) is 14.8. The van der Waals surface area contributed by atoms with Crippen molar-refractivity contribution in [3.05, 3.63) is 60.2 Å². The monoisotopic (exact) mass is 322 g/mol. The topological polar surface area (TPSA) is 58.6 Å². The van der Waals surface area contributed by atoms with Crippen LogP contribution in [-0.4, -0.2) is 25.0 Å². The Morgan fingerprint density at radius 2 is 1.96 bits per heavy atom. The lowest BCUT2D eigenvalue weighted by atomic mass is 10.2. The van der Waals surface area contributed by atoms with Gasteiger partial charge in [0.05, 0.1) is 5.69 Å². The Bertz CT molecular complexity index is 800. The van der Waals surface area contributed by atoms with Gasteiger partial charge in [-0.2, -0.15) is 0 Å². The first-order valence-electron chi connectivity index (χ1n) is 7.67. The Kier molecular flexibility index (Phi) is 4.33. The molecule has 0 radical (unpaired) electrons. The highest BCUT2D eigenvalue weighted by Crippen LogP contribution is 2.35. The van der Waals surface area contributed by atoms with Crippen LogP contribution in [0, 0.1) is 0 Å². The minimum atomic E-state index is -0.503. The second-order valence-electron chi connectivity index (χ2n) is 5.57. The minimum absolute atomic E-state index is 0.116. The van der Waals surface area contributed by atoms with Gasteiger partial charge in [-0.05, 0) is 36.8 Å². The summed E-state index contributed by atoms with van der Waals surface area (Å²) in [5.41, 5.74) is 2.20. The Morgan fingerprint density at radius 1 is 1.21 bits per heavy atom. The molecule has 0 saturated carbocycles. The van der Waals surface area contributed by atoms with E-state index >= 15 is 0 Å². The highest BCUT2D eigenvalue weighted by molar-refractivity contribution is 6.04. The van der Waals surface area contributed by atoms with Crippen LogP contribution in [0.4, 0.5) is 11.4 Å². The molecule has 1 N–H and O–H groups in total. The van der Waals surface area contributed by atoms with E-state index in [-0.39, 0.29) is 11.8 Å². The summed E-state index contributed by atoms with van der Waals surface area (Å²) in [6.07, 6.45) is 2.72. The van der Waals surface area contributed by atoms with Gasteiger partial charge < -0.3 is 15.0 Å². The number of nitrogens with one attached hydrogen (secondary N) is 1. The molecule has 0 spiro atoms. The molecule has 0 unspecified atom stereocenters. The van der Waals surface area contributed by atoms with Crippen LogP contribution in [-0.2, 0) is 9.59 Å². The van der Waals surface area contributed by atoms with Crippen molar-refractivity contribution in [2.75, 3.05) is 17.3 Å². The van der Waals surface area contributed by atoms with Crippen LogP contribution in [0.15, 0.2) is 54.6 Å². The summed E-state index contributed by atoms with van der Waals surface area (Å²) >= 11 is 0. The first kappa shape index (κ1) is 15.8. The van der Waals surface area contributed by atoms with Crippen molar-refractivity contribution in [1.29, 1.82) is 0 Å². The predicted molar refractivity (Wildman–Crippen MR) is 94.0 cm³/mol. The molecule has 5 nitrogen and oxygen atoms in total. The molecule has 2 aromatic rings. The molecule has 24 heavy (non-hydrogen) atoms. The molecular formula is C19H18N2O3. The SMILES string of the molecule is C[C@@H]1Oc2ccc(NC(=O)/C=C/c3ccccc3)cc2N(C)C1=O. The normalized spacial score (nSPS) is 16.7. The maximum atomic E-state index is 12.0. The smallest absolute Gasteiger partial charge is 0.267 e. The van der Waals surface area contributed by atoms with E-state index in [0.717, 1.165) is 5.56 Å². The quantitative estimate of drug-likeness (QED) is 0.884. The summed E-state index contributed by atoms with van der Waals surface area (Å²) < 4.78 is 5.56. The maximum absolute atomic E-state index is 12.0. The number of anilines is 2. The molecule has 0 fully saturated rings. The van der Waals surface area contributed by atoms with Gasteiger partial charge in [0.25, 0.3) is 5.91 Å². The van der Waals surface area contributed by atoms with Gasteiger partial charge >= 0.3 is 0 Å². The highest BCUT2D eigenvalue weighted by atomic mass is 16.5. The number of carbonyl (C=O) groups is 2.